The summed E-state index contributed by atoms with van der Waals surface area (Å²) in [5.41, 5.74) is 1.36. The van der Waals surface area contributed by atoms with E-state index in [1.165, 1.54) is 20.9 Å². The van der Waals surface area contributed by atoms with Gasteiger partial charge in [-0.25, -0.2) is 9.67 Å². The summed E-state index contributed by atoms with van der Waals surface area (Å²) in [6.07, 6.45) is 0. The Bertz CT molecular complexity index is 1520. The normalized spacial score (nSPS) is 11.1. The first-order valence-corrected chi connectivity index (χ1v) is 11.3. The van der Waals surface area contributed by atoms with Crippen LogP contribution in [-0.2, 0) is 6.54 Å². The van der Waals surface area contributed by atoms with Crippen LogP contribution < -0.4 is 15.2 Å². The molecule has 0 saturated heterocycles. The first-order chi connectivity index (χ1) is 16.1. The van der Waals surface area contributed by atoms with E-state index in [4.69, 9.17) is 9.72 Å². The highest BCUT2D eigenvalue weighted by molar-refractivity contribution is 7.22. The summed E-state index contributed by atoms with van der Waals surface area (Å²) in [6, 6.07) is 22.0. The predicted octanol–water partition coefficient (Wildman–Crippen LogP) is 5.01. The second-order valence-electron chi connectivity index (χ2n) is 7.32. The minimum atomic E-state index is -0.374. The van der Waals surface area contributed by atoms with Gasteiger partial charge < -0.3 is 4.74 Å². The number of aromatic nitrogens is 3. The maximum Gasteiger partial charge on any atom is 0.285 e. The largest absolute Gasteiger partial charge is 0.497 e. The number of methoxy groups -OCH3 is 1. The molecule has 7 nitrogen and oxygen atoms in total. The standard InChI is InChI=1S/C25H20N4O3S/c1-3-28-23(30)19-12-5-4-11-18(19)22(27-28)24(31)29(16-9-8-10-17(15-16)32-2)25-26-20-13-6-7-14-21(20)33-25/h4-15H,3H2,1-2H3. The number of carbonyl (C=O) groups excluding carboxylic acids is 1. The van der Waals surface area contributed by atoms with E-state index in [2.05, 4.69) is 5.10 Å². The number of nitrogens with zero attached hydrogens (tertiary/aromatic N) is 4. The Morgan fingerprint density at radius 3 is 2.55 bits per heavy atom. The van der Waals surface area contributed by atoms with Gasteiger partial charge in [0, 0.05) is 18.0 Å². The van der Waals surface area contributed by atoms with Gasteiger partial charge in [0.25, 0.3) is 11.5 Å². The van der Waals surface area contributed by atoms with Crippen LogP contribution in [0.1, 0.15) is 17.4 Å². The molecule has 1 amide bonds. The third-order valence-corrected chi connectivity index (χ3v) is 6.38. The van der Waals surface area contributed by atoms with Gasteiger partial charge >= 0.3 is 0 Å². The predicted molar refractivity (Wildman–Crippen MR) is 131 cm³/mol. The number of ether oxygens (including phenoxy) is 1. The zero-order valence-corrected chi connectivity index (χ0v) is 18.9. The highest BCUT2D eigenvalue weighted by Gasteiger charge is 2.27. The molecule has 0 unspecified atom stereocenters. The molecule has 5 aromatic rings. The zero-order chi connectivity index (χ0) is 22.9. The van der Waals surface area contributed by atoms with Gasteiger partial charge in [0.15, 0.2) is 10.8 Å². The Kier molecular flexibility index (Phi) is 5.35. The molecule has 8 heteroatoms. The van der Waals surface area contributed by atoms with E-state index in [9.17, 15) is 9.59 Å². The van der Waals surface area contributed by atoms with E-state index in [1.54, 1.807) is 37.4 Å². The van der Waals surface area contributed by atoms with E-state index < -0.39 is 0 Å². The topological polar surface area (TPSA) is 77.3 Å². The molecule has 3 aromatic carbocycles. The molecule has 0 saturated carbocycles. The van der Waals surface area contributed by atoms with Gasteiger partial charge in [0.2, 0.25) is 0 Å². The Labute approximate surface area is 193 Å². The number of fused-ring (bicyclic) bond motifs is 2. The molecule has 5 rings (SSSR count). The fourth-order valence-corrected chi connectivity index (χ4v) is 4.72. The summed E-state index contributed by atoms with van der Waals surface area (Å²) in [7, 11) is 1.58. The van der Waals surface area contributed by atoms with Crippen molar-refractivity contribution >= 4 is 49.1 Å². The summed E-state index contributed by atoms with van der Waals surface area (Å²) in [4.78, 5) is 33.1. The Balaban J connectivity index is 1.76. The van der Waals surface area contributed by atoms with Crippen molar-refractivity contribution < 1.29 is 9.53 Å². The van der Waals surface area contributed by atoms with Crippen molar-refractivity contribution in [3.63, 3.8) is 0 Å². The summed E-state index contributed by atoms with van der Waals surface area (Å²) in [5.74, 6) is 0.239. The number of amides is 1. The van der Waals surface area contributed by atoms with Gasteiger partial charge in [-0.2, -0.15) is 5.10 Å². The van der Waals surface area contributed by atoms with Crippen LogP contribution in [0.5, 0.6) is 5.75 Å². The quantitative estimate of drug-likeness (QED) is 0.371. The molecule has 0 aliphatic carbocycles. The van der Waals surface area contributed by atoms with Crippen LogP contribution in [0, 0.1) is 0 Å². The molecular weight excluding hydrogens is 436 g/mol. The second kappa shape index (κ2) is 8.48. The third-order valence-electron chi connectivity index (χ3n) is 5.36. The molecule has 33 heavy (non-hydrogen) atoms. The van der Waals surface area contributed by atoms with E-state index >= 15 is 0 Å². The number of benzene rings is 3. The smallest absolute Gasteiger partial charge is 0.285 e. The number of carbonyl (C=O) groups is 1. The number of hydrogen-bond donors (Lipinski definition) is 0. The maximum absolute atomic E-state index is 14.1. The number of rotatable bonds is 5. The third kappa shape index (κ3) is 3.64. The van der Waals surface area contributed by atoms with Crippen LogP contribution in [0.15, 0.2) is 77.6 Å². The lowest BCUT2D eigenvalue weighted by atomic mass is 10.1. The summed E-state index contributed by atoms with van der Waals surface area (Å²) in [6.45, 7) is 2.18. The average molecular weight is 457 g/mol. The van der Waals surface area contributed by atoms with Gasteiger partial charge in [0.1, 0.15) is 5.75 Å². The van der Waals surface area contributed by atoms with Crippen molar-refractivity contribution in [1.82, 2.24) is 14.8 Å². The van der Waals surface area contributed by atoms with Crippen molar-refractivity contribution in [2.45, 2.75) is 13.5 Å². The minimum absolute atomic E-state index is 0.189. The molecule has 0 radical (unpaired) electrons. The van der Waals surface area contributed by atoms with Crippen LogP contribution in [0.2, 0.25) is 0 Å². The van der Waals surface area contributed by atoms with E-state index in [1.807, 2.05) is 49.4 Å². The number of thiazole rings is 1. The molecule has 0 spiro atoms. The first-order valence-electron chi connectivity index (χ1n) is 10.4. The number of anilines is 2. The molecule has 0 atom stereocenters. The van der Waals surface area contributed by atoms with Crippen LogP contribution >= 0.6 is 11.3 Å². The lowest BCUT2D eigenvalue weighted by molar-refractivity contribution is 0.0994. The number of aryl methyl sites for hydroxylation is 1. The van der Waals surface area contributed by atoms with Gasteiger partial charge in [0.05, 0.1) is 28.4 Å². The lowest BCUT2D eigenvalue weighted by Gasteiger charge is -2.21. The SMILES string of the molecule is CCn1nc(C(=O)N(c2cccc(OC)c2)c2nc3ccccc3s2)c2ccccc2c1=O. The van der Waals surface area contributed by atoms with E-state index in [-0.39, 0.29) is 17.2 Å². The summed E-state index contributed by atoms with van der Waals surface area (Å²) < 4.78 is 7.67. The van der Waals surface area contributed by atoms with E-state index in [0.29, 0.717) is 33.9 Å². The van der Waals surface area contributed by atoms with Gasteiger partial charge in [-0.3, -0.25) is 14.5 Å². The van der Waals surface area contributed by atoms with Crippen molar-refractivity contribution in [1.29, 1.82) is 0 Å². The molecule has 0 aliphatic rings. The Hall–Kier alpha value is -4.04. The second-order valence-corrected chi connectivity index (χ2v) is 8.33. The van der Waals surface area contributed by atoms with Crippen LogP contribution in [0.25, 0.3) is 21.0 Å². The van der Waals surface area contributed by atoms with Crippen LogP contribution in [0.3, 0.4) is 0 Å². The molecular formula is C25H20N4O3S. The fourth-order valence-electron chi connectivity index (χ4n) is 3.73. The highest BCUT2D eigenvalue weighted by Crippen LogP contribution is 2.36. The van der Waals surface area contributed by atoms with Crippen LogP contribution in [0.4, 0.5) is 10.8 Å². The molecule has 0 bridgehead atoms. The average Bonchev–Trinajstić information content (AvgIpc) is 3.28. The molecule has 0 aliphatic heterocycles. The Morgan fingerprint density at radius 1 is 1.03 bits per heavy atom. The summed E-state index contributed by atoms with van der Waals surface area (Å²) >= 11 is 1.41. The van der Waals surface area contributed by atoms with Gasteiger partial charge in [-0.15, -0.1) is 0 Å². The van der Waals surface area contributed by atoms with Crippen molar-refractivity contribution in [2.75, 3.05) is 12.0 Å². The molecule has 0 N–H and O–H groups in total. The van der Waals surface area contributed by atoms with Gasteiger partial charge in [-0.05, 0) is 37.3 Å². The van der Waals surface area contributed by atoms with E-state index in [0.717, 1.165) is 10.2 Å². The molecule has 164 valence electrons. The zero-order valence-electron chi connectivity index (χ0n) is 18.1. The van der Waals surface area contributed by atoms with Crippen molar-refractivity contribution in [3.8, 4) is 5.75 Å². The molecule has 0 fully saturated rings. The fraction of sp³-hybridized carbons (Fsp3) is 0.120. The molecule has 2 heterocycles. The van der Waals surface area contributed by atoms with Crippen molar-refractivity contribution in [3.05, 3.63) is 88.8 Å². The minimum Gasteiger partial charge on any atom is -0.497 e. The summed E-state index contributed by atoms with van der Waals surface area (Å²) in [5, 5.41) is 5.91. The van der Waals surface area contributed by atoms with Gasteiger partial charge in [-0.1, -0.05) is 47.7 Å². The number of para-hydroxylation sites is 1. The highest BCUT2D eigenvalue weighted by atomic mass is 32.1. The first kappa shape index (κ1) is 20.8. The maximum atomic E-state index is 14.1. The Morgan fingerprint density at radius 2 is 1.79 bits per heavy atom. The number of hydrogen-bond acceptors (Lipinski definition) is 6. The van der Waals surface area contributed by atoms with Crippen molar-refractivity contribution in [2.24, 2.45) is 0 Å². The molecule has 2 aromatic heterocycles. The lowest BCUT2D eigenvalue weighted by Crippen LogP contribution is -2.31. The van der Waals surface area contributed by atoms with Crippen LogP contribution in [-0.4, -0.2) is 27.8 Å². The monoisotopic (exact) mass is 456 g/mol.